The van der Waals surface area contributed by atoms with E-state index in [9.17, 15) is 15.5 Å². The minimum Gasteiger partial charge on any atom is -0.493 e. The highest BCUT2D eigenvalue weighted by atomic mass is 16.5. The summed E-state index contributed by atoms with van der Waals surface area (Å²) < 4.78 is 21.6. The molecule has 8 nitrogen and oxygen atoms in total. The fourth-order valence-corrected chi connectivity index (χ4v) is 11.0. The molecule has 3 saturated carbocycles. The summed E-state index contributed by atoms with van der Waals surface area (Å²) in [5.74, 6) is 6.19. The number of aliphatic hydroxyl groups is 2. The first kappa shape index (κ1) is 50.9. The Morgan fingerprint density at radius 2 is 1.55 bits per heavy atom. The average molecular weight is 855 g/mol. The fraction of sp³-hybridized carbons (Fsp3) is 0.648. The molecule has 0 amide bonds. The van der Waals surface area contributed by atoms with Gasteiger partial charge in [-0.15, -0.1) is 0 Å². The smallest absolute Gasteiger partial charge is 0.161 e. The van der Waals surface area contributed by atoms with E-state index in [0.29, 0.717) is 35.7 Å². The topological polar surface area (TPSA) is 104 Å². The van der Waals surface area contributed by atoms with Gasteiger partial charge in [-0.2, -0.15) is 5.26 Å². The highest BCUT2D eigenvalue weighted by molar-refractivity contribution is 5.47. The predicted octanol–water partition coefficient (Wildman–Crippen LogP) is 11.7. The average Bonchev–Trinajstić information content (AvgIpc) is 3.62. The second-order valence-electron chi connectivity index (χ2n) is 19.6. The lowest BCUT2D eigenvalue weighted by molar-refractivity contribution is 0.0861. The molecule has 8 heteroatoms. The lowest BCUT2D eigenvalue weighted by Gasteiger charge is -2.44. The van der Waals surface area contributed by atoms with Crippen molar-refractivity contribution in [2.75, 3.05) is 48.6 Å². The van der Waals surface area contributed by atoms with Crippen molar-refractivity contribution in [3.05, 3.63) is 83.0 Å². The van der Waals surface area contributed by atoms with Gasteiger partial charge < -0.3 is 34.1 Å². The van der Waals surface area contributed by atoms with Crippen molar-refractivity contribution in [3.8, 4) is 29.1 Å². The van der Waals surface area contributed by atoms with Crippen LogP contribution < -0.4 is 18.9 Å². The summed E-state index contributed by atoms with van der Waals surface area (Å²) in [5, 5.41) is 30.4. The number of methoxy groups -OCH3 is 4. The van der Waals surface area contributed by atoms with Gasteiger partial charge in [0, 0.05) is 13.0 Å². The van der Waals surface area contributed by atoms with E-state index in [-0.39, 0.29) is 5.92 Å². The molecule has 0 spiro atoms. The molecule has 2 aromatic carbocycles. The molecule has 0 aliphatic heterocycles. The number of nitrogens with zero attached hydrogens (tertiary/aromatic N) is 2. The molecule has 0 bridgehead atoms. The minimum atomic E-state index is -0.595. The standard InChI is InChI=1S/C27H38N2O4.C27H44O2/c1-20(2)27(19-28,22-10-12-24(31-5)26(18-22)33-7)14-8-15-29(3)16-13-21-9-11-23(30-4)25(17-21)32-6;1-18(2)8-6-9-19(3)24-13-14-25-21(10-7-15-27(24,25)5)11-12-22-16-23(28)17-26(29)20(22)4/h9-12,17-18,20H,8,13-16H2,1-7H3;11-12,18-19,23-26,28-29H,4,6-10,13-17H2,1-3,5H3/b;21-11+,22-12-/t;19-,23-,24-,25+,26+,27-/m.1/s1. The summed E-state index contributed by atoms with van der Waals surface area (Å²) in [4.78, 5) is 2.31. The highest BCUT2D eigenvalue weighted by Gasteiger charge is 2.50. The largest absolute Gasteiger partial charge is 0.493 e. The molecule has 62 heavy (non-hydrogen) atoms. The monoisotopic (exact) mass is 855 g/mol. The van der Waals surface area contributed by atoms with Crippen LogP contribution in [0.15, 0.2) is 71.8 Å². The van der Waals surface area contributed by atoms with E-state index in [1.165, 1.54) is 56.9 Å². The van der Waals surface area contributed by atoms with Crippen molar-refractivity contribution in [1.29, 1.82) is 5.26 Å². The number of nitriles is 1. The van der Waals surface area contributed by atoms with Crippen LogP contribution in [-0.4, -0.2) is 75.9 Å². The minimum absolute atomic E-state index is 0.165. The molecule has 5 rings (SSSR count). The van der Waals surface area contributed by atoms with Crippen molar-refractivity contribution < 1.29 is 29.2 Å². The Labute approximate surface area is 376 Å². The van der Waals surface area contributed by atoms with E-state index in [1.807, 2.05) is 30.3 Å². The maximum Gasteiger partial charge on any atom is 0.161 e. The number of ether oxygens (including phenoxy) is 4. The summed E-state index contributed by atoms with van der Waals surface area (Å²) in [5.41, 5.74) is 5.49. The molecule has 344 valence electrons. The van der Waals surface area contributed by atoms with Crippen LogP contribution in [0.1, 0.15) is 130 Å². The first-order valence-electron chi connectivity index (χ1n) is 23.5. The van der Waals surface area contributed by atoms with Crippen molar-refractivity contribution in [2.45, 2.75) is 143 Å². The maximum atomic E-state index is 10.2. The predicted molar refractivity (Wildman–Crippen MR) is 254 cm³/mol. The molecule has 0 aromatic heterocycles. The van der Waals surface area contributed by atoms with Gasteiger partial charge in [-0.05, 0) is 153 Å². The third-order valence-corrected chi connectivity index (χ3v) is 14.9. The van der Waals surface area contributed by atoms with Crippen LogP contribution in [0.5, 0.6) is 23.0 Å². The highest BCUT2D eigenvalue weighted by Crippen LogP contribution is 2.60. The van der Waals surface area contributed by atoms with Crippen LogP contribution in [0.3, 0.4) is 0 Å². The van der Waals surface area contributed by atoms with Crippen LogP contribution in [0.4, 0.5) is 0 Å². The number of allylic oxidation sites excluding steroid dienone is 3. The van der Waals surface area contributed by atoms with Gasteiger partial charge in [-0.1, -0.05) is 97.2 Å². The third kappa shape index (κ3) is 12.7. The second kappa shape index (κ2) is 23.8. The van der Waals surface area contributed by atoms with Gasteiger partial charge in [-0.25, -0.2) is 0 Å². The van der Waals surface area contributed by atoms with Gasteiger partial charge in [0.15, 0.2) is 23.0 Å². The maximum absolute atomic E-state index is 10.2. The van der Waals surface area contributed by atoms with Crippen molar-refractivity contribution in [1.82, 2.24) is 4.90 Å². The molecule has 1 unspecified atom stereocenters. The summed E-state index contributed by atoms with van der Waals surface area (Å²) >= 11 is 0. The van der Waals surface area contributed by atoms with Crippen LogP contribution >= 0.6 is 0 Å². The van der Waals surface area contributed by atoms with Gasteiger partial charge in [0.05, 0.1) is 52.1 Å². The van der Waals surface area contributed by atoms with Gasteiger partial charge in [0.1, 0.15) is 0 Å². The zero-order chi connectivity index (χ0) is 45.6. The molecule has 0 radical (unpaired) electrons. The van der Waals surface area contributed by atoms with Crippen LogP contribution in [0.25, 0.3) is 0 Å². The van der Waals surface area contributed by atoms with E-state index in [1.54, 1.807) is 34.0 Å². The molecule has 3 aliphatic carbocycles. The van der Waals surface area contributed by atoms with Crippen LogP contribution in [0.2, 0.25) is 0 Å². The van der Waals surface area contributed by atoms with Crippen LogP contribution in [0, 0.1) is 46.3 Å². The number of hydrogen-bond donors (Lipinski definition) is 2. The summed E-state index contributed by atoms with van der Waals surface area (Å²) in [6.45, 7) is 19.9. The van der Waals surface area contributed by atoms with Gasteiger partial charge in [0.25, 0.3) is 0 Å². The van der Waals surface area contributed by atoms with Crippen molar-refractivity contribution in [3.63, 3.8) is 0 Å². The van der Waals surface area contributed by atoms with E-state index >= 15 is 0 Å². The lowest BCUT2D eigenvalue weighted by Crippen LogP contribution is -2.36. The Morgan fingerprint density at radius 1 is 0.887 bits per heavy atom. The van der Waals surface area contributed by atoms with Crippen molar-refractivity contribution >= 4 is 0 Å². The summed E-state index contributed by atoms with van der Waals surface area (Å²) in [6.07, 6.45) is 17.8. The van der Waals surface area contributed by atoms with Gasteiger partial charge in [0.2, 0.25) is 0 Å². The van der Waals surface area contributed by atoms with E-state index in [2.05, 4.69) is 84.4 Å². The molecule has 2 N–H and O–H groups in total. The second-order valence-corrected chi connectivity index (χ2v) is 19.6. The third-order valence-electron chi connectivity index (χ3n) is 14.9. The number of hydrogen-bond acceptors (Lipinski definition) is 8. The Bertz CT molecular complexity index is 1840. The first-order chi connectivity index (χ1) is 29.6. The number of aliphatic hydroxyl groups excluding tert-OH is 2. The Hall–Kier alpha value is -3.77. The Balaban J connectivity index is 0.000000275. The van der Waals surface area contributed by atoms with Crippen molar-refractivity contribution in [2.24, 2.45) is 35.0 Å². The Kier molecular flexibility index (Phi) is 19.5. The quantitative estimate of drug-likeness (QED) is 0.144. The fourth-order valence-electron chi connectivity index (χ4n) is 11.0. The lowest BCUT2D eigenvalue weighted by atomic mass is 9.60. The zero-order valence-corrected chi connectivity index (χ0v) is 40.4. The van der Waals surface area contributed by atoms with Gasteiger partial charge >= 0.3 is 0 Å². The Morgan fingerprint density at radius 3 is 2.18 bits per heavy atom. The summed E-state index contributed by atoms with van der Waals surface area (Å²) in [7, 11) is 8.67. The molecule has 0 heterocycles. The van der Waals surface area contributed by atoms with E-state index in [0.717, 1.165) is 78.3 Å². The molecule has 3 fully saturated rings. The molecule has 3 aliphatic rings. The number of likely N-dealkylation sites (N-methyl/N-ethyl adjacent to an activating group) is 1. The number of benzene rings is 2. The molecule has 2 aromatic rings. The molecular weight excluding hydrogens is 773 g/mol. The number of rotatable bonds is 19. The molecule has 0 saturated heterocycles. The SMILES string of the molecule is C=C1/C(=C\C=C2/CCC[C@]3(C)[C@@H]([C@H](C)CCCC(C)C)CC[C@@H]23)C[C@@H](O)C[C@@H]1O.COc1ccc(CCN(C)CCCC(C#N)(c2ccc(OC)c(OC)c2)C(C)C)cc1OC. The first-order valence-corrected chi connectivity index (χ1v) is 23.5. The zero-order valence-electron chi connectivity index (χ0n) is 40.4. The molecular formula is C54H82N2O6. The summed E-state index contributed by atoms with van der Waals surface area (Å²) in [6, 6.07) is 14.5. The van der Waals surface area contributed by atoms with Crippen LogP contribution in [-0.2, 0) is 11.8 Å². The normalized spacial score (nSPS) is 25.2. The molecule has 7 atom stereocenters. The number of fused-ring (bicyclic) bond motifs is 1. The van der Waals surface area contributed by atoms with Gasteiger partial charge in [-0.3, -0.25) is 0 Å². The van der Waals surface area contributed by atoms with E-state index < -0.39 is 17.6 Å². The van der Waals surface area contributed by atoms with E-state index in [4.69, 9.17) is 18.9 Å².